The van der Waals surface area contributed by atoms with E-state index in [4.69, 9.17) is 23.8 Å². The first kappa shape index (κ1) is 22.8. The predicted octanol–water partition coefficient (Wildman–Crippen LogP) is 5.93. The monoisotopic (exact) mass is 489 g/mol. The summed E-state index contributed by atoms with van der Waals surface area (Å²) in [5.41, 5.74) is 6.40. The highest BCUT2D eigenvalue weighted by atomic mass is 35.5. The molecule has 5 nitrogen and oxygen atoms in total. The van der Waals surface area contributed by atoms with Gasteiger partial charge in [-0.3, -0.25) is 9.97 Å². The molecule has 0 unspecified atom stereocenters. The number of halogens is 1. The number of hydrogen-bond acceptors (Lipinski definition) is 4. The minimum Gasteiger partial charge on any atom is -0.365 e. The van der Waals surface area contributed by atoms with Gasteiger partial charge in [0.25, 0.3) is 0 Å². The van der Waals surface area contributed by atoms with Gasteiger partial charge in [-0.1, -0.05) is 29.8 Å². The minimum atomic E-state index is -0.130. The fraction of sp³-hybridized carbons (Fsp3) is 0.296. The normalized spacial score (nSPS) is 21.2. The summed E-state index contributed by atoms with van der Waals surface area (Å²) >= 11 is 12.9. The quantitative estimate of drug-likeness (QED) is 0.458. The first-order valence-electron chi connectivity index (χ1n) is 11.4. The van der Waals surface area contributed by atoms with Gasteiger partial charge in [0.05, 0.1) is 35.6 Å². The zero-order valence-electron chi connectivity index (χ0n) is 19.8. The number of fused-ring (bicyclic) bond motifs is 1. The van der Waals surface area contributed by atoms with Crippen LogP contribution in [0.5, 0.6) is 0 Å². The predicted molar refractivity (Wildman–Crippen MR) is 143 cm³/mol. The zero-order valence-corrected chi connectivity index (χ0v) is 21.4. The third-order valence-corrected chi connectivity index (χ3v) is 7.59. The Morgan fingerprint density at radius 3 is 2.50 bits per heavy atom. The average Bonchev–Trinajstić information content (AvgIpc) is 3.14. The number of aromatic nitrogens is 2. The molecule has 4 heterocycles. The molecule has 1 N–H and O–H groups in total. The third kappa shape index (κ3) is 3.95. The first-order chi connectivity index (χ1) is 16.3. The van der Waals surface area contributed by atoms with E-state index in [9.17, 15) is 0 Å². The molecular formula is C27H28ClN5S. The van der Waals surface area contributed by atoms with E-state index < -0.39 is 0 Å². The summed E-state index contributed by atoms with van der Waals surface area (Å²) in [6.45, 7) is 7.18. The molecular weight excluding hydrogens is 462 g/mol. The Labute approximate surface area is 211 Å². The van der Waals surface area contributed by atoms with Gasteiger partial charge in [-0.05, 0) is 80.5 Å². The van der Waals surface area contributed by atoms with Gasteiger partial charge in [-0.15, -0.1) is 0 Å². The lowest BCUT2D eigenvalue weighted by molar-refractivity contribution is 0.308. The SMILES string of the molecule is CC1=CC(C)(C)N(C)c2cc(Cl)c([C@H]3[C@@H](c4ccccn4)NC(=S)N3Cc3ccccn3)cc21. The molecule has 1 aromatic carbocycles. The van der Waals surface area contributed by atoms with Crippen molar-refractivity contribution in [2.75, 3.05) is 11.9 Å². The number of nitrogens with zero attached hydrogens (tertiary/aromatic N) is 4. The topological polar surface area (TPSA) is 44.3 Å². The van der Waals surface area contributed by atoms with Crippen LogP contribution in [0.15, 0.2) is 67.0 Å². The third-order valence-electron chi connectivity index (χ3n) is 6.91. The van der Waals surface area contributed by atoms with Crippen molar-refractivity contribution < 1.29 is 0 Å². The molecule has 5 rings (SSSR count). The van der Waals surface area contributed by atoms with Gasteiger partial charge in [0.1, 0.15) is 0 Å². The Balaban J connectivity index is 1.64. The van der Waals surface area contributed by atoms with E-state index in [1.807, 2.05) is 48.8 Å². The fourth-order valence-corrected chi connectivity index (χ4v) is 5.57. The van der Waals surface area contributed by atoms with Crippen LogP contribution in [0.4, 0.5) is 5.69 Å². The van der Waals surface area contributed by atoms with E-state index in [1.165, 1.54) is 11.1 Å². The Hall–Kier alpha value is -2.96. The Bertz CT molecular complexity index is 1260. The Morgan fingerprint density at radius 2 is 1.82 bits per heavy atom. The molecule has 1 fully saturated rings. The van der Waals surface area contributed by atoms with Crippen molar-refractivity contribution in [1.29, 1.82) is 0 Å². The molecule has 174 valence electrons. The molecule has 2 aliphatic heterocycles. The van der Waals surface area contributed by atoms with Crippen LogP contribution >= 0.6 is 23.8 Å². The Kier molecular flexibility index (Phi) is 5.82. The van der Waals surface area contributed by atoms with Crippen molar-refractivity contribution in [3.05, 3.63) is 94.5 Å². The molecule has 0 radical (unpaired) electrons. The van der Waals surface area contributed by atoms with Crippen LogP contribution in [0.25, 0.3) is 5.57 Å². The molecule has 0 saturated carbocycles. The van der Waals surface area contributed by atoms with E-state index in [0.717, 1.165) is 27.7 Å². The van der Waals surface area contributed by atoms with E-state index in [0.29, 0.717) is 11.7 Å². The highest BCUT2D eigenvalue weighted by Crippen LogP contribution is 2.46. The summed E-state index contributed by atoms with van der Waals surface area (Å²) in [4.78, 5) is 13.7. The zero-order chi connectivity index (χ0) is 24.0. The highest BCUT2D eigenvalue weighted by molar-refractivity contribution is 7.80. The van der Waals surface area contributed by atoms with Crippen molar-refractivity contribution in [3.8, 4) is 0 Å². The van der Waals surface area contributed by atoms with Crippen molar-refractivity contribution in [3.63, 3.8) is 0 Å². The lowest BCUT2D eigenvalue weighted by atomic mass is 9.86. The molecule has 0 amide bonds. The second-order valence-corrected chi connectivity index (χ2v) is 10.3. The van der Waals surface area contributed by atoms with Crippen molar-refractivity contribution in [2.24, 2.45) is 0 Å². The van der Waals surface area contributed by atoms with Gasteiger partial charge in [0.15, 0.2) is 5.11 Å². The van der Waals surface area contributed by atoms with Crippen LogP contribution < -0.4 is 10.2 Å². The number of allylic oxidation sites excluding steroid dienone is 1. The van der Waals surface area contributed by atoms with Gasteiger partial charge in [0.2, 0.25) is 0 Å². The summed E-state index contributed by atoms with van der Waals surface area (Å²) < 4.78 is 0. The smallest absolute Gasteiger partial charge is 0.170 e. The van der Waals surface area contributed by atoms with Crippen LogP contribution in [0.3, 0.4) is 0 Å². The van der Waals surface area contributed by atoms with E-state index in [-0.39, 0.29) is 17.6 Å². The van der Waals surface area contributed by atoms with Crippen molar-refractivity contribution >= 4 is 40.2 Å². The molecule has 0 spiro atoms. The van der Waals surface area contributed by atoms with Crippen molar-refractivity contribution in [2.45, 2.75) is 44.9 Å². The van der Waals surface area contributed by atoms with Crippen molar-refractivity contribution in [1.82, 2.24) is 20.2 Å². The molecule has 3 aromatic rings. The molecule has 34 heavy (non-hydrogen) atoms. The van der Waals surface area contributed by atoms with Crippen LogP contribution in [-0.2, 0) is 6.54 Å². The van der Waals surface area contributed by atoms with Crippen LogP contribution in [0.2, 0.25) is 5.02 Å². The number of anilines is 1. The number of likely N-dealkylation sites (N-methyl/N-ethyl adjacent to an activating group) is 1. The maximum absolute atomic E-state index is 7.04. The summed E-state index contributed by atoms with van der Waals surface area (Å²) in [6, 6.07) is 16.0. The summed E-state index contributed by atoms with van der Waals surface area (Å²) in [7, 11) is 2.12. The maximum Gasteiger partial charge on any atom is 0.170 e. The fourth-order valence-electron chi connectivity index (χ4n) is 4.99. The molecule has 7 heteroatoms. The summed E-state index contributed by atoms with van der Waals surface area (Å²) in [5.74, 6) is 0. The molecule has 1 saturated heterocycles. The average molecular weight is 490 g/mol. The van der Waals surface area contributed by atoms with Gasteiger partial charge in [-0.2, -0.15) is 0 Å². The minimum absolute atomic E-state index is 0.0834. The van der Waals surface area contributed by atoms with E-state index in [2.05, 4.69) is 71.1 Å². The second kappa shape index (κ2) is 8.67. The highest BCUT2D eigenvalue weighted by Gasteiger charge is 2.42. The maximum atomic E-state index is 7.04. The standard InChI is InChI=1S/C27H28ClN5S/c1-17-15-27(2,3)32(4)23-14-21(28)20(13-19(17)23)25-24(22-10-6-8-12-30-22)31-26(34)33(25)16-18-9-5-7-11-29-18/h5-15,24-25H,16H2,1-4H3,(H,31,34)/t24-,25+/m1/s1. The molecule has 0 bridgehead atoms. The van der Waals surface area contributed by atoms with Gasteiger partial charge >= 0.3 is 0 Å². The summed E-state index contributed by atoms with van der Waals surface area (Å²) in [5, 5.41) is 4.91. The number of benzene rings is 1. The summed E-state index contributed by atoms with van der Waals surface area (Å²) in [6.07, 6.45) is 5.94. The van der Waals surface area contributed by atoms with Gasteiger partial charge < -0.3 is 15.1 Å². The van der Waals surface area contributed by atoms with Gasteiger partial charge in [0, 0.05) is 35.7 Å². The molecule has 2 aromatic heterocycles. The number of nitrogens with one attached hydrogen (secondary N) is 1. The molecule has 2 atom stereocenters. The van der Waals surface area contributed by atoms with Crippen LogP contribution in [0.1, 0.15) is 55.4 Å². The lowest BCUT2D eigenvalue weighted by Crippen LogP contribution is -2.42. The van der Waals surface area contributed by atoms with Crippen LogP contribution in [0, 0.1) is 0 Å². The van der Waals surface area contributed by atoms with E-state index in [1.54, 1.807) is 0 Å². The van der Waals surface area contributed by atoms with E-state index >= 15 is 0 Å². The van der Waals surface area contributed by atoms with Gasteiger partial charge in [-0.25, -0.2) is 0 Å². The molecule has 0 aliphatic carbocycles. The molecule has 2 aliphatic rings. The number of hydrogen-bond donors (Lipinski definition) is 1. The first-order valence-corrected chi connectivity index (χ1v) is 12.2. The number of pyridine rings is 2. The largest absolute Gasteiger partial charge is 0.365 e. The number of thiocarbonyl (C=S) groups is 1. The Morgan fingerprint density at radius 1 is 1.09 bits per heavy atom. The second-order valence-electron chi connectivity index (χ2n) is 9.51. The number of rotatable bonds is 4. The van der Waals surface area contributed by atoms with Crippen LogP contribution in [-0.4, -0.2) is 32.6 Å². The lowest BCUT2D eigenvalue weighted by Gasteiger charge is -2.41.